The predicted octanol–water partition coefficient (Wildman–Crippen LogP) is 7.28. The summed E-state index contributed by atoms with van der Waals surface area (Å²) in [5, 5.41) is 7.53. The van der Waals surface area contributed by atoms with Crippen molar-refractivity contribution >= 4 is 28.8 Å². The van der Waals surface area contributed by atoms with Crippen LogP contribution in [0.4, 0.5) is 5.69 Å². The lowest BCUT2D eigenvalue weighted by atomic mass is 9.86. The molecule has 4 rings (SSSR count). The van der Waals surface area contributed by atoms with Crippen LogP contribution in [0.5, 0.6) is 0 Å². The molecular weight excluding hydrogens is 436 g/mol. The second-order valence-corrected chi connectivity index (χ2v) is 10.9. The molecule has 0 aromatic heterocycles. The van der Waals surface area contributed by atoms with Crippen LogP contribution in [0.15, 0.2) is 72.8 Å². The molecule has 1 fully saturated rings. The van der Waals surface area contributed by atoms with E-state index in [1.54, 1.807) is 0 Å². The molecule has 0 saturated heterocycles. The van der Waals surface area contributed by atoms with Crippen molar-refractivity contribution in [2.45, 2.75) is 64.3 Å². The topological polar surface area (TPSA) is 41.1 Å². The molecule has 0 amide bonds. The van der Waals surface area contributed by atoms with Gasteiger partial charge in [-0.2, -0.15) is 0 Å². The Hall–Kier alpha value is -2.98. The summed E-state index contributed by atoms with van der Waals surface area (Å²) in [5.74, 6) is 0.00927. The predicted molar refractivity (Wildman–Crippen MR) is 146 cm³/mol. The van der Waals surface area contributed by atoms with Gasteiger partial charge < -0.3 is 10.6 Å². The molecule has 3 aromatic carbocycles. The second kappa shape index (κ2) is 9.71. The molecule has 34 heavy (non-hydrogen) atoms. The highest BCUT2D eigenvalue weighted by Crippen LogP contribution is 2.39. The van der Waals surface area contributed by atoms with E-state index in [0.717, 1.165) is 18.5 Å². The number of aryl methyl sites for hydroxylation is 1. The highest BCUT2D eigenvalue weighted by molar-refractivity contribution is 7.80. The van der Waals surface area contributed by atoms with Gasteiger partial charge in [-0.25, -0.2) is 0 Å². The van der Waals surface area contributed by atoms with Gasteiger partial charge in [-0.1, -0.05) is 99.8 Å². The zero-order chi connectivity index (χ0) is 24.3. The average molecular weight is 471 g/mol. The molecule has 3 nitrogen and oxygen atoms in total. The maximum Gasteiger partial charge on any atom is 0.193 e. The highest BCUT2D eigenvalue weighted by Gasteiger charge is 2.36. The molecule has 0 atom stereocenters. The molecule has 0 spiro atoms. The maximum absolute atomic E-state index is 13.1. The van der Waals surface area contributed by atoms with Gasteiger partial charge in [0.1, 0.15) is 0 Å². The Kier molecular flexibility index (Phi) is 6.90. The van der Waals surface area contributed by atoms with Gasteiger partial charge >= 0.3 is 0 Å². The van der Waals surface area contributed by atoms with Gasteiger partial charge in [0.25, 0.3) is 0 Å². The zero-order valence-corrected chi connectivity index (χ0v) is 21.4. The van der Waals surface area contributed by atoms with Crippen LogP contribution in [-0.2, 0) is 11.0 Å². The number of hydrogen-bond acceptors (Lipinski definition) is 2. The van der Waals surface area contributed by atoms with Crippen molar-refractivity contribution in [3.05, 3.63) is 101 Å². The molecule has 0 radical (unpaired) electrons. The van der Waals surface area contributed by atoms with Crippen LogP contribution >= 0.6 is 12.2 Å². The average Bonchev–Trinajstić information content (AvgIpc) is 3.28. The number of thiocarbonyl (C=S) groups is 1. The number of benzene rings is 3. The molecule has 1 aliphatic carbocycles. The van der Waals surface area contributed by atoms with Gasteiger partial charge in [0.2, 0.25) is 0 Å². The molecule has 0 unspecified atom stereocenters. The maximum atomic E-state index is 13.1. The first-order chi connectivity index (χ1) is 16.2. The van der Waals surface area contributed by atoms with E-state index in [-0.39, 0.29) is 16.7 Å². The van der Waals surface area contributed by atoms with Gasteiger partial charge in [0.05, 0.1) is 5.54 Å². The monoisotopic (exact) mass is 470 g/mol. The fourth-order valence-corrected chi connectivity index (χ4v) is 5.13. The van der Waals surface area contributed by atoms with E-state index in [9.17, 15) is 4.79 Å². The zero-order valence-electron chi connectivity index (χ0n) is 20.6. The van der Waals surface area contributed by atoms with Crippen molar-refractivity contribution in [1.82, 2.24) is 5.32 Å². The Balaban J connectivity index is 1.48. The van der Waals surface area contributed by atoms with Crippen LogP contribution in [0.1, 0.15) is 79.1 Å². The Morgan fingerprint density at radius 3 is 2.21 bits per heavy atom. The quantitative estimate of drug-likeness (QED) is 0.304. The van der Waals surface area contributed by atoms with Gasteiger partial charge in [-0.15, -0.1) is 0 Å². The number of carbonyl (C=O) groups excluding carboxylic acids is 1. The molecule has 0 aliphatic heterocycles. The lowest BCUT2D eigenvalue weighted by Gasteiger charge is -2.33. The van der Waals surface area contributed by atoms with Crippen LogP contribution in [-0.4, -0.2) is 10.9 Å². The van der Waals surface area contributed by atoms with Crippen LogP contribution in [0.25, 0.3) is 0 Å². The fourth-order valence-electron chi connectivity index (χ4n) is 4.81. The summed E-state index contributed by atoms with van der Waals surface area (Å²) < 4.78 is 0. The molecule has 0 bridgehead atoms. The van der Waals surface area contributed by atoms with E-state index in [1.165, 1.54) is 29.5 Å². The van der Waals surface area contributed by atoms with Crippen LogP contribution in [0.2, 0.25) is 0 Å². The first-order valence-electron chi connectivity index (χ1n) is 12.1. The summed E-state index contributed by atoms with van der Waals surface area (Å²) in [6, 6.07) is 24.2. The van der Waals surface area contributed by atoms with Crippen molar-refractivity contribution in [2.24, 2.45) is 0 Å². The Bertz CT molecular complexity index is 1180. The fraction of sp³-hybridized carbons (Fsp3) is 0.333. The van der Waals surface area contributed by atoms with Crippen molar-refractivity contribution < 1.29 is 4.79 Å². The smallest absolute Gasteiger partial charge is 0.193 e. The Morgan fingerprint density at radius 2 is 1.56 bits per heavy atom. The molecule has 3 aromatic rings. The third-order valence-corrected chi connectivity index (χ3v) is 6.98. The summed E-state index contributed by atoms with van der Waals surface area (Å²) in [6.07, 6.45) is 4.48. The van der Waals surface area contributed by atoms with Crippen molar-refractivity contribution in [2.75, 3.05) is 5.32 Å². The second-order valence-electron chi connectivity index (χ2n) is 10.5. The van der Waals surface area contributed by atoms with Gasteiger partial charge in [-0.3, -0.25) is 4.79 Å². The van der Waals surface area contributed by atoms with E-state index >= 15 is 0 Å². The Labute approximate surface area is 209 Å². The molecule has 0 heterocycles. The lowest BCUT2D eigenvalue weighted by Crippen LogP contribution is -2.45. The van der Waals surface area contributed by atoms with Gasteiger partial charge in [-0.05, 0) is 60.7 Å². The van der Waals surface area contributed by atoms with Gasteiger partial charge in [0, 0.05) is 16.8 Å². The number of anilines is 1. The molecular formula is C30H34N2OS. The molecule has 4 heteroatoms. The number of nitrogens with one attached hydrogen (secondary N) is 2. The molecule has 176 valence electrons. The number of rotatable bonds is 5. The third kappa shape index (κ3) is 5.39. The molecule has 2 N–H and O–H groups in total. The van der Waals surface area contributed by atoms with E-state index < -0.39 is 0 Å². The minimum Gasteiger partial charge on any atom is -0.353 e. The summed E-state index contributed by atoms with van der Waals surface area (Å²) in [6.45, 7) is 8.64. The van der Waals surface area contributed by atoms with Crippen molar-refractivity contribution in [3.8, 4) is 0 Å². The van der Waals surface area contributed by atoms with E-state index in [2.05, 4.69) is 62.6 Å². The molecule has 1 aliphatic rings. The van der Waals surface area contributed by atoms with Crippen LogP contribution in [0, 0.1) is 6.92 Å². The van der Waals surface area contributed by atoms with Crippen molar-refractivity contribution in [3.63, 3.8) is 0 Å². The highest BCUT2D eigenvalue weighted by atomic mass is 32.1. The third-order valence-electron chi connectivity index (χ3n) is 6.78. The largest absolute Gasteiger partial charge is 0.353 e. The first-order valence-corrected chi connectivity index (χ1v) is 12.5. The lowest BCUT2D eigenvalue weighted by molar-refractivity contribution is 0.103. The van der Waals surface area contributed by atoms with Crippen LogP contribution < -0.4 is 10.6 Å². The normalized spacial score (nSPS) is 15.1. The standard InChI is InChI=1S/C30H34N2OS/c1-21-9-7-11-25(19-21)30(17-5-6-18-30)32-28(34)31-26-12-8-10-23(20-26)27(33)22-13-15-24(16-14-22)29(2,3)4/h7-16,19-20H,5-6,17-18H2,1-4H3,(H2,31,32,34). The summed E-state index contributed by atoms with van der Waals surface area (Å²) in [7, 11) is 0. The first kappa shape index (κ1) is 24.2. The summed E-state index contributed by atoms with van der Waals surface area (Å²) >= 11 is 5.72. The summed E-state index contributed by atoms with van der Waals surface area (Å²) in [4.78, 5) is 13.1. The van der Waals surface area contributed by atoms with E-state index in [4.69, 9.17) is 12.2 Å². The number of carbonyl (C=O) groups is 1. The Morgan fingerprint density at radius 1 is 0.882 bits per heavy atom. The van der Waals surface area contributed by atoms with E-state index in [0.29, 0.717) is 16.2 Å². The van der Waals surface area contributed by atoms with E-state index in [1.807, 2.05) is 48.5 Å². The number of hydrogen-bond donors (Lipinski definition) is 2. The SMILES string of the molecule is Cc1cccc(C2(NC(=S)Nc3cccc(C(=O)c4ccc(C(C)(C)C)cc4)c3)CCCC2)c1. The van der Waals surface area contributed by atoms with Crippen molar-refractivity contribution in [1.29, 1.82) is 0 Å². The minimum atomic E-state index is -0.141. The van der Waals surface area contributed by atoms with Gasteiger partial charge in [0.15, 0.2) is 10.9 Å². The van der Waals surface area contributed by atoms with Crippen LogP contribution in [0.3, 0.4) is 0 Å². The number of ketones is 1. The molecule has 1 saturated carbocycles. The minimum absolute atomic E-state index is 0.00927. The summed E-state index contributed by atoms with van der Waals surface area (Å²) in [5.41, 5.74) is 5.82.